The van der Waals surface area contributed by atoms with Gasteiger partial charge in [0.05, 0.1) is 52.6 Å². The van der Waals surface area contributed by atoms with Crippen LogP contribution in [0.5, 0.6) is 11.5 Å². The molecule has 1 fully saturated rings. The number of hydrogen-bond donors (Lipinski definition) is 1. The van der Waals surface area contributed by atoms with Crippen molar-refractivity contribution in [1.29, 1.82) is 5.26 Å². The lowest BCUT2D eigenvalue weighted by Gasteiger charge is -2.39. The van der Waals surface area contributed by atoms with Gasteiger partial charge < -0.3 is 37.6 Å². The smallest absolute Gasteiger partial charge is 0.280 e. The lowest BCUT2D eigenvalue weighted by molar-refractivity contribution is -0.0938. The minimum absolute atomic E-state index is 0.0161. The molecule has 324 valence electrons. The van der Waals surface area contributed by atoms with Crippen LogP contribution in [0, 0.1) is 11.3 Å². The third-order valence-electron chi connectivity index (χ3n) is 10.2. The van der Waals surface area contributed by atoms with Crippen LogP contribution in [-0.2, 0) is 28.9 Å². The Morgan fingerprint density at radius 3 is 2.08 bits per heavy atom. The molecule has 6 rings (SSSR count). The number of H-pyrrole nitrogens is 1. The van der Waals surface area contributed by atoms with Gasteiger partial charge in [-0.05, 0) is 68.7 Å². The van der Waals surface area contributed by atoms with Crippen molar-refractivity contribution >= 4 is 32.0 Å². The number of aromatic nitrogens is 4. The molecule has 5 aromatic rings. The van der Waals surface area contributed by atoms with E-state index in [2.05, 4.69) is 58.4 Å². The van der Waals surface area contributed by atoms with Crippen LogP contribution in [0.3, 0.4) is 0 Å². The first kappa shape index (κ1) is 45.3. The summed E-state index contributed by atoms with van der Waals surface area (Å²) in [5, 5.41) is 9.46. The quantitative estimate of drug-likeness (QED) is 0.0281. The molecule has 5 atom stereocenters. The fourth-order valence-electron chi connectivity index (χ4n) is 7.46. The Morgan fingerprint density at radius 1 is 0.934 bits per heavy atom. The Kier molecular flexibility index (Phi) is 15.3. The average molecular weight is 855 g/mol. The number of aliphatic imine (C=N–C) groups is 1. The van der Waals surface area contributed by atoms with Crippen molar-refractivity contribution in [2.75, 3.05) is 48.6 Å². The summed E-state index contributed by atoms with van der Waals surface area (Å²) in [7, 11) is 6.69. The third-order valence-corrected chi connectivity index (χ3v) is 12.3. The molecule has 0 spiro atoms. The molecule has 1 aliphatic heterocycles. The van der Waals surface area contributed by atoms with Crippen molar-refractivity contribution < 1.29 is 32.7 Å². The first-order valence-electron chi connectivity index (χ1n) is 20.0. The van der Waals surface area contributed by atoms with Gasteiger partial charge in [0.2, 0.25) is 5.95 Å². The summed E-state index contributed by atoms with van der Waals surface area (Å²) in [6.07, 6.45) is -0.0727. The van der Waals surface area contributed by atoms with Gasteiger partial charge in [-0.15, -0.1) is 0 Å². The molecule has 1 N–H and O–H groups in total. The fourth-order valence-corrected chi connectivity index (χ4v) is 9.22. The van der Waals surface area contributed by atoms with Crippen LogP contribution >= 0.6 is 8.53 Å². The van der Waals surface area contributed by atoms with Gasteiger partial charge in [-0.3, -0.25) is 14.3 Å². The monoisotopic (exact) mass is 854 g/mol. The van der Waals surface area contributed by atoms with Crippen molar-refractivity contribution in [3.05, 3.63) is 112 Å². The SMILES string of the molecule is COc1ccc(C(OC[C@H]2O[C@@H](n3cnc4c(=O)[nH]c(N=CN(C)C)nc43)[C@H](OC)[C@@H]2OP(OCCC#N)N(C(C)C)C(C)C)(c2ccccc2)c2ccc(OC)cc2)cc1. The summed E-state index contributed by atoms with van der Waals surface area (Å²) >= 11 is 0. The van der Waals surface area contributed by atoms with Gasteiger partial charge in [0.15, 0.2) is 17.4 Å². The van der Waals surface area contributed by atoms with Gasteiger partial charge >= 0.3 is 0 Å². The number of hydrogen-bond acceptors (Lipinski definition) is 13. The second-order valence-electron chi connectivity index (χ2n) is 15.1. The molecule has 17 heteroatoms. The summed E-state index contributed by atoms with van der Waals surface area (Å²) in [4.78, 5) is 31.2. The molecule has 2 aromatic heterocycles. The van der Waals surface area contributed by atoms with E-state index in [-0.39, 0.29) is 48.8 Å². The van der Waals surface area contributed by atoms with Gasteiger partial charge in [-0.1, -0.05) is 54.6 Å². The molecule has 3 aromatic carbocycles. The van der Waals surface area contributed by atoms with Crippen LogP contribution < -0.4 is 15.0 Å². The van der Waals surface area contributed by atoms with E-state index in [9.17, 15) is 10.1 Å². The zero-order chi connectivity index (χ0) is 43.7. The third kappa shape index (κ3) is 9.95. The second-order valence-corrected chi connectivity index (χ2v) is 16.5. The normalized spacial score (nSPS) is 18.7. The topological polar surface area (TPSA) is 171 Å². The van der Waals surface area contributed by atoms with Gasteiger partial charge in [0.1, 0.15) is 35.4 Å². The molecule has 1 saturated heterocycles. The summed E-state index contributed by atoms with van der Waals surface area (Å²) < 4.78 is 49.1. The predicted octanol–water partition coefficient (Wildman–Crippen LogP) is 6.94. The predicted molar refractivity (Wildman–Crippen MR) is 233 cm³/mol. The summed E-state index contributed by atoms with van der Waals surface area (Å²) in [5.41, 5.74) is 1.25. The number of benzene rings is 3. The van der Waals surface area contributed by atoms with E-state index in [0.717, 1.165) is 16.7 Å². The lowest BCUT2D eigenvalue weighted by Crippen LogP contribution is -2.42. The Hall–Kier alpha value is -5.24. The summed E-state index contributed by atoms with van der Waals surface area (Å²) in [6, 6.07) is 27.8. The standard InChI is InChI=1S/C44H55N8O8P/c1-29(2)52(30(3)4)61(58-25-13-24-45)60-38-36(59-42(39(38)56-9)51-28-46-37-40(51)48-43(49-41(37)53)47-27-50(5)6)26-57-44(31-14-11-10-12-15-31,32-16-20-34(54-7)21-17-32)33-18-22-35(55-8)23-19-33/h10-12,14-23,27-30,36,38-39,42H,13,25-26H2,1-9H3,(H,48,49,53)/t36-,38-,39-,42-,61?/m1/s1. The summed E-state index contributed by atoms with van der Waals surface area (Å²) in [5.74, 6) is 1.48. The van der Waals surface area contributed by atoms with E-state index in [4.69, 9.17) is 32.7 Å². The zero-order valence-electron chi connectivity index (χ0n) is 36.1. The number of fused-ring (bicyclic) bond motifs is 1. The number of methoxy groups -OCH3 is 3. The van der Waals surface area contributed by atoms with Gasteiger partial charge in [-0.25, -0.2) is 14.6 Å². The second kappa shape index (κ2) is 20.5. The van der Waals surface area contributed by atoms with Crippen LogP contribution in [0.2, 0.25) is 0 Å². The minimum atomic E-state index is -1.78. The fraction of sp³-hybridized carbons (Fsp3) is 0.432. The van der Waals surface area contributed by atoms with Crippen molar-refractivity contribution in [2.45, 2.75) is 76.3 Å². The largest absolute Gasteiger partial charge is 0.497 e. The maximum atomic E-state index is 13.3. The van der Waals surface area contributed by atoms with E-state index in [0.29, 0.717) is 11.5 Å². The van der Waals surface area contributed by atoms with E-state index < -0.39 is 44.2 Å². The molecule has 0 aliphatic carbocycles. The molecular weight excluding hydrogens is 800 g/mol. The minimum Gasteiger partial charge on any atom is -0.497 e. The van der Waals surface area contributed by atoms with E-state index >= 15 is 0 Å². The van der Waals surface area contributed by atoms with Crippen molar-refractivity contribution in [3.8, 4) is 17.6 Å². The molecule has 3 heterocycles. The molecule has 0 radical (unpaired) electrons. The lowest BCUT2D eigenvalue weighted by atomic mass is 9.80. The number of ether oxygens (including phenoxy) is 5. The van der Waals surface area contributed by atoms with Crippen LogP contribution in [0.1, 0.15) is 57.0 Å². The van der Waals surface area contributed by atoms with Crippen LogP contribution in [0.25, 0.3) is 11.2 Å². The molecule has 0 saturated carbocycles. The number of nitriles is 1. The van der Waals surface area contributed by atoms with Crippen molar-refractivity contribution in [2.24, 2.45) is 4.99 Å². The van der Waals surface area contributed by atoms with E-state index in [1.807, 2.05) is 93.0 Å². The molecule has 0 bridgehead atoms. The number of nitrogens with zero attached hydrogens (tertiary/aromatic N) is 7. The van der Waals surface area contributed by atoms with Crippen molar-refractivity contribution in [1.82, 2.24) is 29.1 Å². The van der Waals surface area contributed by atoms with Crippen LogP contribution in [0.15, 0.2) is 95.0 Å². The van der Waals surface area contributed by atoms with Gasteiger partial charge in [-0.2, -0.15) is 10.2 Å². The molecule has 1 unspecified atom stereocenters. The number of nitrogens with one attached hydrogen (secondary N) is 1. The van der Waals surface area contributed by atoms with Gasteiger partial charge in [0, 0.05) is 33.3 Å². The molecule has 0 amide bonds. The Labute approximate surface area is 358 Å². The van der Waals surface area contributed by atoms with E-state index in [1.54, 1.807) is 37.1 Å². The first-order chi connectivity index (χ1) is 29.4. The maximum absolute atomic E-state index is 13.3. The Bertz CT molecular complexity index is 2240. The average Bonchev–Trinajstić information content (AvgIpc) is 3.84. The zero-order valence-corrected chi connectivity index (χ0v) is 37.0. The Morgan fingerprint density at radius 2 is 1.54 bits per heavy atom. The number of rotatable bonds is 20. The highest BCUT2D eigenvalue weighted by atomic mass is 31.2. The summed E-state index contributed by atoms with van der Waals surface area (Å²) in [6.45, 7) is 8.44. The molecular formula is C44H55N8O8P. The highest BCUT2D eigenvalue weighted by Crippen LogP contribution is 2.51. The first-order valence-corrected chi connectivity index (χ1v) is 21.2. The highest BCUT2D eigenvalue weighted by molar-refractivity contribution is 7.44. The van der Waals surface area contributed by atoms with Crippen molar-refractivity contribution in [3.63, 3.8) is 0 Å². The van der Waals surface area contributed by atoms with Crippen LogP contribution in [0.4, 0.5) is 5.95 Å². The highest BCUT2D eigenvalue weighted by Gasteiger charge is 2.51. The maximum Gasteiger partial charge on any atom is 0.280 e. The van der Waals surface area contributed by atoms with E-state index in [1.165, 1.54) is 6.33 Å². The Balaban J connectivity index is 1.50. The van der Waals surface area contributed by atoms with Gasteiger partial charge in [0.25, 0.3) is 14.1 Å². The molecule has 1 aliphatic rings. The van der Waals surface area contributed by atoms with Crippen LogP contribution in [-0.4, -0.2) is 114 Å². The number of aromatic amines is 1. The number of imidazole rings is 1. The molecule has 61 heavy (non-hydrogen) atoms. The molecule has 16 nitrogen and oxygen atoms in total.